The van der Waals surface area contributed by atoms with Crippen LogP contribution in [0.3, 0.4) is 0 Å². The van der Waals surface area contributed by atoms with Gasteiger partial charge in [0, 0.05) is 57.4 Å². The van der Waals surface area contributed by atoms with Crippen molar-refractivity contribution in [2.45, 2.75) is 91.1 Å². The fourth-order valence-corrected chi connectivity index (χ4v) is 6.26. The molecule has 2 aromatic carbocycles. The number of piperazine rings is 1. The summed E-state index contributed by atoms with van der Waals surface area (Å²) in [5.74, 6) is 1.10. The lowest BCUT2D eigenvalue weighted by Crippen LogP contribution is -2.54. The number of aryl methyl sites for hydroxylation is 1. The number of anilines is 1. The standard InChI is InChI=1S/C36H51ClN4O6/c1-25-20-30(13-10-29(25)24-40-17-18-41(26(2)23-40)35(44)47-36(3,4)5)39(6)33(42)28-11-14-31(15-12-28)46-32-9-7-8-27(21-32)22-38-34(43)45-19-16-37/h7-10,13,20-21,26,28,31H,11-12,14-19,22-24H2,1-6H3,(H,38,43)/t26-,28?,31?/m0/s1. The maximum atomic E-state index is 13.5. The lowest BCUT2D eigenvalue weighted by Gasteiger charge is -2.40. The van der Waals surface area contributed by atoms with Crippen molar-refractivity contribution >= 4 is 35.4 Å². The minimum atomic E-state index is -0.507. The summed E-state index contributed by atoms with van der Waals surface area (Å²) in [4.78, 5) is 43.8. The van der Waals surface area contributed by atoms with E-state index in [0.717, 1.165) is 67.9 Å². The van der Waals surface area contributed by atoms with E-state index in [-0.39, 0.29) is 42.6 Å². The van der Waals surface area contributed by atoms with Crippen LogP contribution >= 0.6 is 11.6 Å². The number of carbonyl (C=O) groups excluding carboxylic acids is 3. The predicted molar refractivity (Wildman–Crippen MR) is 184 cm³/mol. The molecule has 4 rings (SSSR count). The molecular formula is C36H51ClN4O6. The molecule has 10 nitrogen and oxygen atoms in total. The van der Waals surface area contributed by atoms with E-state index in [1.54, 1.807) is 4.90 Å². The Morgan fingerprint density at radius 2 is 1.79 bits per heavy atom. The summed E-state index contributed by atoms with van der Waals surface area (Å²) in [6.07, 6.45) is 2.43. The molecule has 1 saturated heterocycles. The molecule has 0 unspecified atom stereocenters. The van der Waals surface area contributed by atoms with Crippen molar-refractivity contribution in [3.05, 3.63) is 59.2 Å². The zero-order valence-electron chi connectivity index (χ0n) is 28.7. The van der Waals surface area contributed by atoms with Gasteiger partial charge in [0.1, 0.15) is 18.0 Å². The van der Waals surface area contributed by atoms with E-state index in [9.17, 15) is 14.4 Å². The van der Waals surface area contributed by atoms with Gasteiger partial charge in [0.2, 0.25) is 5.91 Å². The molecule has 2 fully saturated rings. The van der Waals surface area contributed by atoms with Crippen LogP contribution in [-0.2, 0) is 27.4 Å². The number of benzene rings is 2. The highest BCUT2D eigenvalue weighted by molar-refractivity contribution is 6.18. The first-order chi connectivity index (χ1) is 22.3. The Labute approximate surface area is 284 Å². The number of hydrogen-bond donors (Lipinski definition) is 1. The molecule has 258 valence electrons. The first-order valence-corrected chi connectivity index (χ1v) is 17.2. The van der Waals surface area contributed by atoms with Crippen molar-refractivity contribution < 1.29 is 28.6 Å². The average Bonchev–Trinajstić information content (AvgIpc) is 3.02. The fraction of sp³-hybridized carbons (Fsp3) is 0.583. The summed E-state index contributed by atoms with van der Waals surface area (Å²) in [7, 11) is 1.86. The first-order valence-electron chi connectivity index (χ1n) is 16.6. The van der Waals surface area contributed by atoms with Crippen LogP contribution in [0.5, 0.6) is 5.75 Å². The highest BCUT2D eigenvalue weighted by Gasteiger charge is 2.32. The Hall–Kier alpha value is -3.50. The van der Waals surface area contributed by atoms with Crippen LogP contribution in [0.25, 0.3) is 0 Å². The summed E-state index contributed by atoms with van der Waals surface area (Å²) >= 11 is 5.55. The molecule has 1 atom stereocenters. The number of alkyl halides is 1. The van der Waals surface area contributed by atoms with Gasteiger partial charge in [0.15, 0.2) is 0 Å². The van der Waals surface area contributed by atoms with E-state index in [1.807, 2.05) is 63.1 Å². The summed E-state index contributed by atoms with van der Waals surface area (Å²) in [5.41, 5.74) is 3.66. The number of rotatable bonds is 10. The zero-order valence-corrected chi connectivity index (χ0v) is 29.5. The lowest BCUT2D eigenvalue weighted by molar-refractivity contribution is -0.123. The maximum Gasteiger partial charge on any atom is 0.410 e. The molecule has 0 aromatic heterocycles. The molecule has 0 spiro atoms. The predicted octanol–water partition coefficient (Wildman–Crippen LogP) is 6.50. The van der Waals surface area contributed by atoms with E-state index in [4.69, 9.17) is 25.8 Å². The minimum absolute atomic E-state index is 0.0384. The second-order valence-corrected chi connectivity index (χ2v) is 14.1. The van der Waals surface area contributed by atoms with Crippen LogP contribution in [0.4, 0.5) is 15.3 Å². The van der Waals surface area contributed by atoms with Crippen LogP contribution in [0.2, 0.25) is 0 Å². The molecule has 2 aromatic rings. The van der Waals surface area contributed by atoms with Crippen molar-refractivity contribution in [3.8, 4) is 5.75 Å². The molecule has 11 heteroatoms. The number of alkyl carbamates (subject to hydrolysis) is 1. The van der Waals surface area contributed by atoms with E-state index in [2.05, 4.69) is 36.2 Å². The van der Waals surface area contributed by atoms with Crippen LogP contribution in [0.1, 0.15) is 70.1 Å². The van der Waals surface area contributed by atoms with Gasteiger partial charge in [-0.3, -0.25) is 9.69 Å². The van der Waals surface area contributed by atoms with Gasteiger partial charge in [-0.05, 0) is 101 Å². The molecule has 47 heavy (non-hydrogen) atoms. The Bertz CT molecular complexity index is 1370. The van der Waals surface area contributed by atoms with Gasteiger partial charge in [0.25, 0.3) is 0 Å². The third-order valence-corrected chi connectivity index (χ3v) is 8.90. The second kappa shape index (κ2) is 16.6. The average molecular weight is 671 g/mol. The summed E-state index contributed by atoms with van der Waals surface area (Å²) < 4.78 is 16.8. The second-order valence-electron chi connectivity index (χ2n) is 13.7. The number of hydrogen-bond acceptors (Lipinski definition) is 7. The number of ether oxygens (including phenoxy) is 3. The highest BCUT2D eigenvalue weighted by atomic mass is 35.5. The van der Waals surface area contributed by atoms with Gasteiger partial charge in [-0.1, -0.05) is 18.2 Å². The van der Waals surface area contributed by atoms with Gasteiger partial charge in [-0.25, -0.2) is 9.59 Å². The number of carbonyl (C=O) groups is 3. The first kappa shape index (κ1) is 36.3. The third kappa shape index (κ3) is 10.8. The van der Waals surface area contributed by atoms with E-state index >= 15 is 0 Å². The minimum Gasteiger partial charge on any atom is -0.490 e. The Morgan fingerprint density at radius 3 is 2.45 bits per heavy atom. The normalized spacial score (nSPS) is 20.3. The Balaban J connectivity index is 1.24. The van der Waals surface area contributed by atoms with Gasteiger partial charge in [-0.15, -0.1) is 11.6 Å². The van der Waals surface area contributed by atoms with Crippen molar-refractivity contribution in [3.63, 3.8) is 0 Å². The largest absolute Gasteiger partial charge is 0.490 e. The van der Waals surface area contributed by atoms with Crippen LogP contribution in [-0.4, -0.2) is 84.8 Å². The van der Waals surface area contributed by atoms with Gasteiger partial charge in [-0.2, -0.15) is 0 Å². The summed E-state index contributed by atoms with van der Waals surface area (Å²) in [5, 5.41) is 2.71. The molecule has 1 aliphatic heterocycles. The monoisotopic (exact) mass is 670 g/mol. The van der Waals surface area contributed by atoms with E-state index < -0.39 is 11.7 Å². The molecule has 1 heterocycles. The molecule has 1 aliphatic carbocycles. The van der Waals surface area contributed by atoms with E-state index in [1.165, 1.54) is 5.56 Å². The van der Waals surface area contributed by atoms with E-state index in [0.29, 0.717) is 13.1 Å². The number of amides is 3. The van der Waals surface area contributed by atoms with Crippen LogP contribution < -0.4 is 15.0 Å². The summed E-state index contributed by atoms with van der Waals surface area (Å²) in [6, 6.07) is 14.0. The zero-order chi connectivity index (χ0) is 34.1. The van der Waals surface area contributed by atoms with Crippen molar-refractivity contribution in [1.29, 1.82) is 0 Å². The highest BCUT2D eigenvalue weighted by Crippen LogP contribution is 2.31. The van der Waals surface area contributed by atoms with Gasteiger partial charge in [0.05, 0.1) is 12.0 Å². The number of nitrogens with zero attached hydrogens (tertiary/aromatic N) is 3. The summed E-state index contributed by atoms with van der Waals surface area (Å²) in [6.45, 7) is 13.3. The van der Waals surface area contributed by atoms with Crippen molar-refractivity contribution in [2.75, 3.05) is 44.1 Å². The molecule has 1 N–H and O–H groups in total. The molecule has 3 amide bonds. The van der Waals surface area contributed by atoms with Crippen LogP contribution in [0.15, 0.2) is 42.5 Å². The number of halogens is 1. The lowest BCUT2D eigenvalue weighted by atomic mass is 9.86. The quantitative estimate of drug-likeness (QED) is 0.288. The Kier molecular flexibility index (Phi) is 12.8. The van der Waals surface area contributed by atoms with Crippen LogP contribution in [0, 0.1) is 12.8 Å². The Morgan fingerprint density at radius 1 is 1.04 bits per heavy atom. The third-order valence-electron chi connectivity index (χ3n) is 8.75. The SMILES string of the molecule is Cc1cc(N(C)C(=O)C2CCC(Oc3cccc(CNC(=O)OCCCl)c3)CC2)ccc1CN1CCN(C(=O)OC(C)(C)C)[C@@H](C)C1. The molecule has 0 bridgehead atoms. The number of nitrogens with one attached hydrogen (secondary N) is 1. The van der Waals surface area contributed by atoms with Crippen molar-refractivity contribution in [2.24, 2.45) is 5.92 Å². The van der Waals surface area contributed by atoms with Gasteiger partial charge >= 0.3 is 12.2 Å². The topological polar surface area (TPSA) is 101 Å². The van der Waals surface area contributed by atoms with Crippen molar-refractivity contribution in [1.82, 2.24) is 15.1 Å². The molecule has 1 saturated carbocycles. The molecule has 0 radical (unpaired) electrons. The maximum absolute atomic E-state index is 13.5. The smallest absolute Gasteiger partial charge is 0.410 e. The molecular weight excluding hydrogens is 620 g/mol. The molecule has 2 aliphatic rings. The fourth-order valence-electron chi connectivity index (χ4n) is 6.18. The van der Waals surface area contributed by atoms with Gasteiger partial charge < -0.3 is 29.3 Å².